The van der Waals surface area contributed by atoms with Crippen molar-refractivity contribution in [3.63, 3.8) is 0 Å². The topological polar surface area (TPSA) is 178 Å². The molecule has 3 heterocycles. The van der Waals surface area contributed by atoms with E-state index in [9.17, 15) is 19.7 Å². The second-order valence-electron chi connectivity index (χ2n) is 10.0. The molecule has 1 aliphatic heterocycles. The monoisotopic (exact) mass is 602 g/mol. The zero-order chi connectivity index (χ0) is 31.1. The van der Waals surface area contributed by atoms with Crippen LogP contribution < -0.4 is 4.90 Å². The Hall–Kier alpha value is -5.47. The molecule has 15 heteroatoms. The number of benzene rings is 2. The predicted molar refractivity (Wildman–Crippen MR) is 154 cm³/mol. The van der Waals surface area contributed by atoms with Crippen LogP contribution in [-0.2, 0) is 38.8 Å². The largest absolute Gasteiger partial charge is 0.510 e. The summed E-state index contributed by atoms with van der Waals surface area (Å²) in [4.78, 5) is 50.9. The van der Waals surface area contributed by atoms with Gasteiger partial charge in [-0.05, 0) is 55.0 Å². The summed E-state index contributed by atoms with van der Waals surface area (Å²) in [5.41, 5.74) is 5.40. The van der Waals surface area contributed by atoms with Gasteiger partial charge in [-0.2, -0.15) is 0 Å². The number of aromatic nitrogens is 6. The van der Waals surface area contributed by atoms with Crippen LogP contribution in [0.25, 0.3) is 22.5 Å². The van der Waals surface area contributed by atoms with Crippen molar-refractivity contribution in [2.75, 3.05) is 18.1 Å². The molecule has 15 nitrogen and oxygen atoms in total. The number of carbonyl (C=O) groups excluding carboxylic acids is 2. The quantitative estimate of drug-likeness (QED) is 0.0987. The Balaban J connectivity index is 1.21. The molecule has 0 N–H and O–H groups in total. The fourth-order valence-electron chi connectivity index (χ4n) is 4.84. The number of ether oxygens (including phenoxy) is 2. The zero-order valence-electron chi connectivity index (χ0n) is 24.2. The lowest BCUT2D eigenvalue weighted by molar-refractivity contribution is -0.757. The highest BCUT2D eigenvalue weighted by Crippen LogP contribution is 2.32. The van der Waals surface area contributed by atoms with Crippen LogP contribution in [0, 0.1) is 24.0 Å². The normalized spacial score (nSPS) is 12.5. The lowest BCUT2D eigenvalue weighted by Crippen LogP contribution is -2.36. The van der Waals surface area contributed by atoms with Gasteiger partial charge in [0.1, 0.15) is 11.6 Å². The summed E-state index contributed by atoms with van der Waals surface area (Å²) < 4.78 is 9.94. The Labute approximate surface area is 251 Å². The molecule has 1 amide bonds. The molecular weight excluding hydrogens is 572 g/mol. The molecule has 0 spiro atoms. The van der Waals surface area contributed by atoms with Gasteiger partial charge in [-0.3, -0.25) is 9.69 Å². The van der Waals surface area contributed by atoms with Crippen LogP contribution in [0.4, 0.5) is 10.6 Å². The fraction of sp³-hybridized carbons (Fsp3) is 0.345. The van der Waals surface area contributed by atoms with Crippen molar-refractivity contribution in [3.05, 3.63) is 81.3 Å². The van der Waals surface area contributed by atoms with Gasteiger partial charge in [-0.1, -0.05) is 48.5 Å². The average molecular weight is 603 g/mol. The molecule has 0 radical (unpaired) electrons. The second-order valence-corrected chi connectivity index (χ2v) is 10.0. The Kier molecular flexibility index (Phi) is 9.32. The maximum absolute atomic E-state index is 12.8. The van der Waals surface area contributed by atoms with Gasteiger partial charge < -0.3 is 14.3 Å². The summed E-state index contributed by atoms with van der Waals surface area (Å²) >= 11 is 0. The summed E-state index contributed by atoms with van der Waals surface area (Å²) in [6, 6.07) is 15.5. The first kappa shape index (κ1) is 30.0. The van der Waals surface area contributed by atoms with Crippen molar-refractivity contribution in [1.82, 2.24) is 30.2 Å². The summed E-state index contributed by atoms with van der Waals surface area (Å²) in [5.74, 6) is 1.71. The van der Waals surface area contributed by atoms with E-state index in [2.05, 4.69) is 30.2 Å². The summed E-state index contributed by atoms with van der Waals surface area (Å²) in [6.07, 6.45) is 0.881. The third-order valence-electron chi connectivity index (χ3n) is 6.93. The van der Waals surface area contributed by atoms with E-state index in [4.69, 9.17) is 9.47 Å². The third-order valence-corrected chi connectivity index (χ3v) is 6.93. The summed E-state index contributed by atoms with van der Waals surface area (Å²) in [5, 5.41) is 21.7. The fourth-order valence-corrected chi connectivity index (χ4v) is 4.84. The first-order valence-electron chi connectivity index (χ1n) is 14.0. The highest BCUT2D eigenvalue weighted by molar-refractivity contribution is 5.95. The molecule has 0 unspecified atom stereocenters. The molecule has 5 rings (SSSR count). The van der Waals surface area contributed by atoms with Gasteiger partial charge >= 0.3 is 6.16 Å². The van der Waals surface area contributed by atoms with Gasteiger partial charge in [0.15, 0.2) is 0 Å². The van der Waals surface area contributed by atoms with Crippen molar-refractivity contribution in [2.45, 2.75) is 52.8 Å². The summed E-state index contributed by atoms with van der Waals surface area (Å²) in [7, 11) is 0. The maximum Gasteiger partial charge on any atom is 0.510 e. The van der Waals surface area contributed by atoms with Gasteiger partial charge in [0.25, 0.3) is 5.09 Å². The van der Waals surface area contributed by atoms with Crippen LogP contribution >= 0.6 is 0 Å². The highest BCUT2D eigenvalue weighted by Gasteiger charge is 2.27. The van der Waals surface area contributed by atoms with Crippen molar-refractivity contribution in [2.24, 2.45) is 0 Å². The van der Waals surface area contributed by atoms with E-state index in [1.165, 1.54) is 0 Å². The van der Waals surface area contributed by atoms with Gasteiger partial charge in [0.2, 0.25) is 18.5 Å². The first-order valence-corrected chi connectivity index (χ1v) is 14.0. The number of amides is 1. The Morgan fingerprint density at radius 3 is 2.50 bits per heavy atom. The van der Waals surface area contributed by atoms with Crippen molar-refractivity contribution in [3.8, 4) is 22.5 Å². The molecule has 0 saturated carbocycles. The molecule has 1 aliphatic rings. The van der Waals surface area contributed by atoms with Gasteiger partial charge in [-0.15, -0.1) is 25.1 Å². The van der Waals surface area contributed by atoms with E-state index in [0.29, 0.717) is 49.7 Å². The summed E-state index contributed by atoms with van der Waals surface area (Å²) in [6.45, 7) is 3.82. The SMILES string of the molecule is Cc1nc(C)c2c(n1)N(Cc1ccc(-c3ccccc3-c3nnn(COC(=O)OCCCCO[N+](=O)[O-])n3)cc1)C(=O)CC2. The molecule has 2 aromatic heterocycles. The number of tetrazole rings is 1. The number of aryl methyl sites for hydroxylation is 2. The van der Waals surface area contributed by atoms with Crippen LogP contribution in [-0.4, -0.2) is 60.5 Å². The molecule has 0 atom stereocenters. The zero-order valence-corrected chi connectivity index (χ0v) is 24.2. The molecular formula is C29H30N8O7. The number of fused-ring (bicyclic) bond motifs is 1. The van der Waals surface area contributed by atoms with Crippen LogP contribution in [0.15, 0.2) is 48.5 Å². The van der Waals surface area contributed by atoms with Gasteiger partial charge in [0.05, 0.1) is 19.8 Å². The minimum Gasteiger partial charge on any atom is -0.434 e. The number of nitrogens with zero attached hydrogens (tertiary/aromatic N) is 8. The van der Waals surface area contributed by atoms with Crippen LogP contribution in [0.5, 0.6) is 0 Å². The van der Waals surface area contributed by atoms with E-state index in [1.54, 1.807) is 4.90 Å². The van der Waals surface area contributed by atoms with E-state index in [-0.39, 0.29) is 25.9 Å². The molecule has 0 bridgehead atoms. The van der Waals surface area contributed by atoms with E-state index in [0.717, 1.165) is 38.3 Å². The first-order chi connectivity index (χ1) is 21.3. The molecule has 228 valence electrons. The molecule has 0 aliphatic carbocycles. The maximum atomic E-state index is 12.8. The lowest BCUT2D eigenvalue weighted by Gasteiger charge is -2.29. The minimum atomic E-state index is -0.924. The number of rotatable bonds is 12. The number of unbranched alkanes of at least 4 members (excludes halogenated alkanes) is 1. The number of hydrogen-bond donors (Lipinski definition) is 0. The van der Waals surface area contributed by atoms with Gasteiger partial charge in [-0.25, -0.2) is 14.8 Å². The van der Waals surface area contributed by atoms with Crippen LogP contribution in [0.1, 0.15) is 41.9 Å². The molecule has 0 fully saturated rings. The number of carbonyl (C=O) groups is 2. The number of hydrogen-bond acceptors (Lipinski definition) is 12. The van der Waals surface area contributed by atoms with Crippen molar-refractivity contribution < 1.29 is 29.0 Å². The van der Waals surface area contributed by atoms with Crippen LogP contribution in [0.2, 0.25) is 0 Å². The minimum absolute atomic E-state index is 0.0252. The molecule has 2 aromatic carbocycles. The standard InChI is InChI=1S/C29H30N8O7/c1-19-23-13-14-26(38)35(28(23)31-20(2)30-19)17-21-9-11-22(12-10-21)24-7-3-4-8-25(24)27-32-34-36(33-27)18-43-29(39)42-15-5-6-16-44-37(40)41/h3-4,7-12H,5-6,13-18H2,1-2H3. The molecule has 4 aromatic rings. The smallest absolute Gasteiger partial charge is 0.434 e. The third kappa shape index (κ3) is 7.29. The molecule has 0 saturated heterocycles. The van der Waals surface area contributed by atoms with Gasteiger partial charge in [0, 0.05) is 23.2 Å². The Bertz CT molecular complexity index is 1660. The second kappa shape index (κ2) is 13.7. The predicted octanol–water partition coefficient (Wildman–Crippen LogP) is 3.99. The van der Waals surface area contributed by atoms with E-state index < -0.39 is 11.2 Å². The van der Waals surface area contributed by atoms with Crippen molar-refractivity contribution >= 4 is 17.9 Å². The molecule has 44 heavy (non-hydrogen) atoms. The Morgan fingerprint density at radius 2 is 1.73 bits per heavy atom. The highest BCUT2D eigenvalue weighted by atomic mass is 16.9. The van der Waals surface area contributed by atoms with E-state index in [1.807, 2.05) is 62.4 Å². The number of anilines is 1. The lowest BCUT2D eigenvalue weighted by atomic mass is 9.98. The van der Waals surface area contributed by atoms with Crippen molar-refractivity contribution in [1.29, 1.82) is 0 Å². The van der Waals surface area contributed by atoms with E-state index >= 15 is 0 Å². The average Bonchev–Trinajstić information content (AvgIpc) is 3.48. The van der Waals surface area contributed by atoms with Crippen LogP contribution in [0.3, 0.4) is 0 Å². The Morgan fingerprint density at radius 1 is 0.977 bits per heavy atom.